The minimum Gasteiger partial charge on any atom is -0.463 e. The average Bonchev–Trinajstić information content (AvgIpc) is 3.35. The molecule has 12 heteroatoms. The number of nitrogens with zero attached hydrogens (tertiary/aromatic N) is 1. The van der Waals surface area contributed by atoms with Crippen molar-refractivity contribution in [3.05, 3.63) is 0 Å². The summed E-state index contributed by atoms with van der Waals surface area (Å²) in [4.78, 5) is 82.0. The Hall–Kier alpha value is -3.15. The fourth-order valence-corrected chi connectivity index (χ4v) is 3.30. The van der Waals surface area contributed by atoms with E-state index >= 15 is 0 Å². The molecular weight excluding hydrogens is 454 g/mol. The Bertz CT molecular complexity index is 791. The summed E-state index contributed by atoms with van der Waals surface area (Å²) in [7, 11) is 0. The molecule has 0 radical (unpaired) electrons. The Morgan fingerprint density at radius 2 is 1.29 bits per heavy atom. The predicted octanol–water partition coefficient (Wildman–Crippen LogP) is 0.0327. The highest BCUT2D eigenvalue weighted by Crippen LogP contribution is 2.18. The highest BCUT2D eigenvalue weighted by Gasteiger charge is 2.30. The molecule has 1 unspecified atom stereocenters. The quantitative estimate of drug-likeness (QED) is 0.134. The molecule has 12 nitrogen and oxygen atoms in total. The lowest BCUT2D eigenvalue weighted by Crippen LogP contribution is -2.34. The van der Waals surface area contributed by atoms with E-state index in [-0.39, 0.29) is 89.1 Å². The van der Waals surface area contributed by atoms with Crippen LogP contribution < -0.4 is 0 Å². The third-order valence-electron chi connectivity index (χ3n) is 5.13. The number of ketones is 2. The van der Waals surface area contributed by atoms with Crippen molar-refractivity contribution in [2.75, 3.05) is 33.0 Å². The molecule has 2 amide bonds. The zero-order valence-electron chi connectivity index (χ0n) is 18.9. The monoisotopic (exact) mass is 483 g/mol. The van der Waals surface area contributed by atoms with Gasteiger partial charge in [-0.3, -0.25) is 38.5 Å². The first-order valence-corrected chi connectivity index (χ1v) is 11.2. The van der Waals surface area contributed by atoms with Gasteiger partial charge in [-0.05, 0) is 12.8 Å². The predicted molar refractivity (Wildman–Crippen MR) is 111 cm³/mol. The molecule has 0 bridgehead atoms. The van der Waals surface area contributed by atoms with Crippen molar-refractivity contribution in [1.82, 2.24) is 4.90 Å². The van der Waals surface area contributed by atoms with E-state index in [9.17, 15) is 33.6 Å². The lowest BCUT2D eigenvalue weighted by molar-refractivity contribution is -0.156. The number of carbonyl (C=O) groups excluding carboxylic acids is 7. The van der Waals surface area contributed by atoms with Gasteiger partial charge in [0.1, 0.15) is 13.2 Å². The number of imide groups is 1. The van der Waals surface area contributed by atoms with Crippen molar-refractivity contribution in [2.45, 2.75) is 63.9 Å². The summed E-state index contributed by atoms with van der Waals surface area (Å²) in [5, 5.41) is 0. The second-order valence-corrected chi connectivity index (χ2v) is 7.80. The molecule has 34 heavy (non-hydrogen) atoms. The average molecular weight is 483 g/mol. The minimum atomic E-state index is -0.696. The molecule has 2 fully saturated rings. The molecule has 0 aromatic heterocycles. The molecule has 2 rings (SSSR count). The van der Waals surface area contributed by atoms with Gasteiger partial charge in [-0.2, -0.15) is 0 Å². The van der Waals surface area contributed by atoms with Crippen molar-refractivity contribution in [2.24, 2.45) is 0 Å². The third-order valence-corrected chi connectivity index (χ3v) is 5.13. The van der Waals surface area contributed by atoms with Crippen LogP contribution >= 0.6 is 0 Å². The van der Waals surface area contributed by atoms with E-state index in [1.165, 1.54) is 0 Å². The van der Waals surface area contributed by atoms with Crippen molar-refractivity contribution in [3.63, 3.8) is 0 Å². The van der Waals surface area contributed by atoms with Crippen LogP contribution in [-0.4, -0.2) is 85.3 Å². The Labute approximate surface area is 196 Å². The van der Waals surface area contributed by atoms with E-state index in [4.69, 9.17) is 18.9 Å². The van der Waals surface area contributed by atoms with Crippen molar-refractivity contribution in [3.8, 4) is 0 Å². The number of hydrogen-bond donors (Lipinski definition) is 0. The highest BCUT2D eigenvalue weighted by molar-refractivity contribution is 6.04. The van der Waals surface area contributed by atoms with Gasteiger partial charge in [0.25, 0.3) is 0 Å². The van der Waals surface area contributed by atoms with Crippen LogP contribution in [0.15, 0.2) is 0 Å². The largest absolute Gasteiger partial charge is 0.463 e. The first kappa shape index (κ1) is 27.1. The number of amides is 2. The Morgan fingerprint density at radius 1 is 0.735 bits per heavy atom. The van der Waals surface area contributed by atoms with Gasteiger partial charge in [0.05, 0.1) is 39.0 Å². The first-order valence-electron chi connectivity index (χ1n) is 11.2. The van der Waals surface area contributed by atoms with E-state index in [1.807, 2.05) is 0 Å². The maximum Gasteiger partial charge on any atom is 0.307 e. The van der Waals surface area contributed by atoms with Crippen LogP contribution in [0.25, 0.3) is 0 Å². The molecule has 188 valence electrons. The van der Waals surface area contributed by atoms with Crippen LogP contribution in [0, 0.1) is 0 Å². The Kier molecular flexibility index (Phi) is 11.3. The smallest absolute Gasteiger partial charge is 0.307 e. The van der Waals surface area contributed by atoms with Gasteiger partial charge in [0.15, 0.2) is 17.7 Å². The molecule has 0 spiro atoms. The normalized spacial score (nSPS) is 17.7. The van der Waals surface area contributed by atoms with Crippen LogP contribution in [0.2, 0.25) is 0 Å². The Balaban J connectivity index is 1.41. The molecule has 0 N–H and O–H groups in total. The summed E-state index contributed by atoms with van der Waals surface area (Å²) < 4.78 is 20.0. The molecule has 1 aliphatic carbocycles. The van der Waals surface area contributed by atoms with Crippen LogP contribution in [0.5, 0.6) is 0 Å². The molecule has 0 aromatic rings. The van der Waals surface area contributed by atoms with Crippen LogP contribution in [0.1, 0.15) is 57.8 Å². The number of ether oxygens (including phenoxy) is 4. The summed E-state index contributed by atoms with van der Waals surface area (Å²) >= 11 is 0. The molecular formula is C22H29NO11. The maximum atomic E-state index is 11.8. The van der Waals surface area contributed by atoms with Crippen molar-refractivity contribution >= 4 is 41.3 Å². The van der Waals surface area contributed by atoms with E-state index in [1.54, 1.807) is 0 Å². The number of rotatable bonds is 15. The highest BCUT2D eigenvalue weighted by atomic mass is 16.6. The summed E-state index contributed by atoms with van der Waals surface area (Å²) in [5.74, 6) is -3.11. The minimum absolute atomic E-state index is 0.0502. The van der Waals surface area contributed by atoms with Gasteiger partial charge in [-0.25, -0.2) is 0 Å². The van der Waals surface area contributed by atoms with Crippen LogP contribution in [0.4, 0.5) is 0 Å². The molecule has 1 atom stereocenters. The lowest BCUT2D eigenvalue weighted by Gasteiger charge is -2.12. The topological polar surface area (TPSA) is 160 Å². The number of carbonyl (C=O) groups is 7. The Morgan fingerprint density at radius 3 is 1.85 bits per heavy atom. The number of likely N-dealkylation sites (tertiary alicyclic amines) is 1. The fourth-order valence-electron chi connectivity index (χ4n) is 3.30. The number of Topliss-reactive ketones (excluding diaryl/α,β-unsaturated/α-hetero) is 2. The summed E-state index contributed by atoms with van der Waals surface area (Å²) in [6.07, 6.45) is 0.467. The van der Waals surface area contributed by atoms with Gasteiger partial charge in [-0.15, -0.1) is 0 Å². The van der Waals surface area contributed by atoms with Crippen LogP contribution in [0.3, 0.4) is 0 Å². The molecule has 1 aliphatic heterocycles. The molecule has 2 aliphatic rings. The van der Waals surface area contributed by atoms with E-state index < -0.39 is 29.8 Å². The summed E-state index contributed by atoms with van der Waals surface area (Å²) in [6.45, 7) is -0.328. The molecule has 1 saturated carbocycles. The van der Waals surface area contributed by atoms with Crippen LogP contribution in [-0.2, 0) is 52.5 Å². The summed E-state index contributed by atoms with van der Waals surface area (Å²) in [6, 6.07) is 0. The van der Waals surface area contributed by atoms with Crippen molar-refractivity contribution < 1.29 is 52.5 Å². The fraction of sp³-hybridized carbons (Fsp3) is 0.682. The molecule has 1 heterocycles. The molecule has 1 saturated heterocycles. The lowest BCUT2D eigenvalue weighted by atomic mass is 10.2. The molecule has 0 aromatic carbocycles. The van der Waals surface area contributed by atoms with E-state index in [0.29, 0.717) is 19.3 Å². The zero-order valence-corrected chi connectivity index (χ0v) is 18.9. The van der Waals surface area contributed by atoms with E-state index in [2.05, 4.69) is 0 Å². The first-order chi connectivity index (χ1) is 16.3. The maximum absolute atomic E-state index is 11.8. The van der Waals surface area contributed by atoms with Crippen molar-refractivity contribution in [1.29, 1.82) is 0 Å². The second-order valence-electron chi connectivity index (χ2n) is 7.80. The van der Waals surface area contributed by atoms with Gasteiger partial charge in [0, 0.05) is 25.7 Å². The third kappa shape index (κ3) is 9.77. The van der Waals surface area contributed by atoms with Gasteiger partial charge < -0.3 is 18.9 Å². The number of hydrogen-bond acceptors (Lipinski definition) is 11. The standard InChI is InChI=1S/C22H29NO11/c24-15(14-23-18(26)5-6-19(23)27)4-7-20(28)32-12-10-31-11-13-33-21(29)8-9-22(30)34-17-3-1-2-16(17)25/h17H,1-14H2. The van der Waals surface area contributed by atoms with E-state index in [0.717, 1.165) is 4.90 Å². The number of esters is 3. The van der Waals surface area contributed by atoms with Gasteiger partial charge in [0.2, 0.25) is 11.8 Å². The second kappa shape index (κ2) is 14.2. The summed E-state index contributed by atoms with van der Waals surface area (Å²) in [5.41, 5.74) is 0. The van der Waals surface area contributed by atoms with Gasteiger partial charge >= 0.3 is 17.9 Å². The zero-order chi connectivity index (χ0) is 24.9. The van der Waals surface area contributed by atoms with Gasteiger partial charge in [-0.1, -0.05) is 0 Å². The SMILES string of the molecule is O=C(CCC(=O)OCCOCCOC(=O)CCC(=O)OC1CCCC1=O)CN1C(=O)CCC1=O.